The fourth-order valence-electron chi connectivity index (χ4n) is 1.57. The third-order valence-electron chi connectivity index (χ3n) is 2.56. The Morgan fingerprint density at radius 3 is 2.30 bits per heavy atom. The first-order valence-corrected chi connectivity index (χ1v) is 7.34. The molecule has 0 bridgehead atoms. The second-order valence-electron chi connectivity index (χ2n) is 4.22. The van der Waals surface area contributed by atoms with Crippen molar-refractivity contribution in [3.8, 4) is 0 Å². The van der Waals surface area contributed by atoms with Gasteiger partial charge in [0.25, 0.3) is 0 Å². The summed E-state index contributed by atoms with van der Waals surface area (Å²) in [4.78, 5) is -0.418. The van der Waals surface area contributed by atoms with E-state index in [9.17, 15) is 26.0 Å². The summed E-state index contributed by atoms with van der Waals surface area (Å²) in [5, 5.41) is 0. The predicted octanol–water partition coefficient (Wildman–Crippen LogP) is 3.06. The normalized spacial score (nSPS) is 13.0. The highest BCUT2D eigenvalue weighted by Gasteiger charge is 2.35. The van der Waals surface area contributed by atoms with Crippen LogP contribution in [0.5, 0.6) is 0 Å². The molecule has 3 nitrogen and oxygen atoms in total. The first kappa shape index (κ1) is 17.2. The molecular weight excluding hydrogens is 322 g/mol. The molecule has 0 radical (unpaired) electrons. The summed E-state index contributed by atoms with van der Waals surface area (Å²) in [6.45, 7) is -0.309. The van der Waals surface area contributed by atoms with Crippen molar-refractivity contribution in [2.75, 3.05) is 13.6 Å². The van der Waals surface area contributed by atoms with E-state index in [4.69, 9.17) is 11.6 Å². The molecule has 0 aromatic heterocycles. The molecule has 1 aromatic rings. The van der Waals surface area contributed by atoms with Gasteiger partial charge in [-0.15, -0.1) is 11.6 Å². The highest BCUT2D eigenvalue weighted by atomic mass is 35.5. The number of halogens is 5. The van der Waals surface area contributed by atoms with Crippen molar-refractivity contribution in [1.29, 1.82) is 0 Å². The van der Waals surface area contributed by atoms with Crippen molar-refractivity contribution in [3.63, 3.8) is 0 Å². The number of nitrogens with zero attached hydrogens (tertiary/aromatic N) is 1. The average molecular weight is 334 g/mol. The number of alkyl halides is 4. The lowest BCUT2D eigenvalue weighted by molar-refractivity contribution is -0.134. The van der Waals surface area contributed by atoms with E-state index >= 15 is 0 Å². The van der Waals surface area contributed by atoms with Crippen LogP contribution >= 0.6 is 11.6 Å². The van der Waals surface area contributed by atoms with Crippen molar-refractivity contribution in [2.45, 2.75) is 23.9 Å². The number of sulfonamides is 1. The van der Waals surface area contributed by atoms with E-state index in [1.807, 2.05) is 0 Å². The highest BCUT2D eigenvalue weighted by molar-refractivity contribution is 7.89. The van der Waals surface area contributed by atoms with Crippen LogP contribution in [0.4, 0.5) is 17.6 Å². The van der Waals surface area contributed by atoms with Crippen LogP contribution in [0.2, 0.25) is 0 Å². The molecule has 9 heteroatoms. The number of benzene rings is 1. The second kappa shape index (κ2) is 5.87. The second-order valence-corrected chi connectivity index (χ2v) is 6.54. The van der Waals surface area contributed by atoms with E-state index in [2.05, 4.69) is 0 Å². The summed E-state index contributed by atoms with van der Waals surface area (Å²) in [6, 6.07) is 1.92. The van der Waals surface area contributed by atoms with Crippen molar-refractivity contribution in [3.05, 3.63) is 29.1 Å². The fraction of sp³-hybridized carbons (Fsp3) is 0.455. The summed E-state index contributed by atoms with van der Waals surface area (Å²) in [6.07, 6.45) is -4.66. The largest absolute Gasteiger partial charge is 0.402 e. The lowest BCUT2D eigenvalue weighted by Gasteiger charge is -2.19. The summed E-state index contributed by atoms with van der Waals surface area (Å²) in [5.41, 5.74) is -0.0761. The molecule has 0 amide bonds. The van der Waals surface area contributed by atoms with Crippen LogP contribution in [-0.4, -0.2) is 32.5 Å². The summed E-state index contributed by atoms with van der Waals surface area (Å²) in [7, 11) is -3.55. The standard InChI is InChI=1S/C11H12ClF4NO2S/c1-7-3-9(4-8(5-12)10(7)13)20(18,19)17(2)6-11(14,15)16/h3-4H,5-6H2,1-2H3. The van der Waals surface area contributed by atoms with Crippen LogP contribution in [0.15, 0.2) is 17.0 Å². The van der Waals surface area contributed by atoms with Gasteiger partial charge in [-0.2, -0.15) is 17.5 Å². The van der Waals surface area contributed by atoms with Crippen LogP contribution in [0.25, 0.3) is 0 Å². The maximum atomic E-state index is 13.6. The molecule has 0 saturated carbocycles. The van der Waals surface area contributed by atoms with Gasteiger partial charge in [0.2, 0.25) is 10.0 Å². The molecule has 114 valence electrons. The van der Waals surface area contributed by atoms with E-state index in [1.165, 1.54) is 6.92 Å². The molecule has 1 aromatic carbocycles. The molecular formula is C11H12ClF4NO2S. The minimum absolute atomic E-state index is 0.00198. The Morgan fingerprint density at radius 2 is 1.85 bits per heavy atom. The van der Waals surface area contributed by atoms with Crippen molar-refractivity contribution in [1.82, 2.24) is 4.31 Å². The monoisotopic (exact) mass is 333 g/mol. The molecule has 0 saturated heterocycles. The Morgan fingerprint density at radius 1 is 1.30 bits per heavy atom. The van der Waals surface area contributed by atoms with E-state index in [-0.39, 0.29) is 21.3 Å². The molecule has 0 aliphatic carbocycles. The van der Waals surface area contributed by atoms with E-state index in [0.29, 0.717) is 0 Å². The zero-order valence-corrected chi connectivity index (χ0v) is 12.2. The van der Waals surface area contributed by atoms with E-state index < -0.39 is 33.5 Å². The topological polar surface area (TPSA) is 37.4 Å². The molecule has 20 heavy (non-hydrogen) atoms. The van der Waals surface area contributed by atoms with Crippen molar-refractivity contribution in [2.24, 2.45) is 0 Å². The van der Waals surface area contributed by atoms with E-state index in [0.717, 1.165) is 19.2 Å². The zero-order valence-electron chi connectivity index (χ0n) is 10.6. The molecule has 1 rings (SSSR count). The third-order valence-corrected chi connectivity index (χ3v) is 4.63. The molecule has 0 N–H and O–H groups in total. The lowest BCUT2D eigenvalue weighted by atomic mass is 10.1. The van der Waals surface area contributed by atoms with Crippen molar-refractivity contribution < 1.29 is 26.0 Å². The highest BCUT2D eigenvalue weighted by Crippen LogP contribution is 2.25. The minimum atomic E-state index is -4.66. The summed E-state index contributed by atoms with van der Waals surface area (Å²) < 4.78 is 74.5. The Balaban J connectivity index is 3.26. The Kier molecular flexibility index (Phi) is 5.04. The van der Waals surface area contributed by atoms with Gasteiger partial charge in [-0.25, -0.2) is 12.8 Å². The molecule has 0 unspecified atom stereocenters. The van der Waals surface area contributed by atoms with Gasteiger partial charge in [0.15, 0.2) is 0 Å². The third kappa shape index (κ3) is 3.83. The van der Waals surface area contributed by atoms with Gasteiger partial charge in [0.05, 0.1) is 10.8 Å². The van der Waals surface area contributed by atoms with Gasteiger partial charge in [0.1, 0.15) is 12.4 Å². The number of rotatable bonds is 4. The van der Waals surface area contributed by atoms with Crippen LogP contribution in [-0.2, 0) is 15.9 Å². The van der Waals surface area contributed by atoms with Gasteiger partial charge in [-0.3, -0.25) is 0 Å². The first-order valence-electron chi connectivity index (χ1n) is 5.37. The van der Waals surface area contributed by atoms with Crippen LogP contribution in [0.3, 0.4) is 0 Å². The molecule has 0 spiro atoms. The fourth-order valence-corrected chi connectivity index (χ4v) is 3.06. The Bertz CT molecular complexity index is 601. The SMILES string of the molecule is Cc1cc(S(=O)(=O)N(C)CC(F)(F)F)cc(CCl)c1F. The predicted molar refractivity (Wildman–Crippen MR) is 66.6 cm³/mol. The molecule has 0 fully saturated rings. The molecule has 0 heterocycles. The van der Waals surface area contributed by atoms with Gasteiger partial charge in [0, 0.05) is 12.6 Å². The molecule has 0 aliphatic rings. The minimum Gasteiger partial charge on any atom is -0.207 e. The maximum absolute atomic E-state index is 13.6. The van der Waals surface area contributed by atoms with Gasteiger partial charge < -0.3 is 0 Å². The molecule has 0 aliphatic heterocycles. The van der Waals surface area contributed by atoms with Crippen LogP contribution < -0.4 is 0 Å². The Labute approximate surface area is 119 Å². The smallest absolute Gasteiger partial charge is 0.207 e. The molecule has 0 atom stereocenters. The van der Waals surface area contributed by atoms with Crippen LogP contribution in [0, 0.1) is 12.7 Å². The summed E-state index contributed by atoms with van der Waals surface area (Å²) >= 11 is 5.48. The number of hydrogen-bond acceptors (Lipinski definition) is 2. The van der Waals surface area contributed by atoms with E-state index in [1.54, 1.807) is 0 Å². The lowest BCUT2D eigenvalue weighted by Crippen LogP contribution is -2.35. The van der Waals surface area contributed by atoms with Gasteiger partial charge in [-0.05, 0) is 24.6 Å². The zero-order chi connectivity index (χ0) is 15.7. The van der Waals surface area contributed by atoms with Crippen molar-refractivity contribution >= 4 is 21.6 Å². The quantitative estimate of drug-likeness (QED) is 0.627. The first-order chi connectivity index (χ1) is 8.99. The number of hydrogen-bond donors (Lipinski definition) is 0. The number of aryl methyl sites for hydroxylation is 1. The Hall–Kier alpha value is -0.860. The summed E-state index contributed by atoms with van der Waals surface area (Å²) in [5.74, 6) is -0.948. The maximum Gasteiger partial charge on any atom is 0.402 e. The average Bonchev–Trinajstić information content (AvgIpc) is 2.30. The van der Waals surface area contributed by atoms with Gasteiger partial charge >= 0.3 is 6.18 Å². The van der Waals surface area contributed by atoms with Gasteiger partial charge in [-0.1, -0.05) is 0 Å². The van der Waals surface area contributed by atoms with Crippen LogP contribution in [0.1, 0.15) is 11.1 Å².